The highest BCUT2D eigenvalue weighted by Crippen LogP contribution is 2.10. The molecule has 0 fully saturated rings. The molecule has 1 amide bonds. The third-order valence-corrected chi connectivity index (χ3v) is 3.47. The van der Waals surface area contributed by atoms with Crippen molar-refractivity contribution in [2.45, 2.75) is 13.0 Å². The molecular weight excluding hydrogens is 290 g/mol. The Balaban J connectivity index is 1.37. The molecule has 23 heavy (non-hydrogen) atoms. The number of amides is 1. The summed E-state index contributed by atoms with van der Waals surface area (Å²) in [5.74, 6) is 0.758. The molecule has 0 unspecified atom stereocenters. The fourth-order valence-electron chi connectivity index (χ4n) is 2.33. The lowest BCUT2D eigenvalue weighted by atomic mass is 10.2. The monoisotopic (exact) mass is 309 g/mol. The maximum absolute atomic E-state index is 11.7. The van der Waals surface area contributed by atoms with E-state index in [1.807, 2.05) is 54.6 Å². The largest absolute Gasteiger partial charge is 0.367 e. The van der Waals surface area contributed by atoms with Gasteiger partial charge in [-0.05, 0) is 17.7 Å². The summed E-state index contributed by atoms with van der Waals surface area (Å²) >= 11 is 0. The Morgan fingerprint density at radius 1 is 1.09 bits per heavy atom. The number of benzene rings is 2. The normalized spacial score (nSPS) is 10.8. The van der Waals surface area contributed by atoms with E-state index in [1.54, 1.807) is 0 Å². The Labute approximate surface area is 134 Å². The first-order chi connectivity index (χ1) is 11.3. The van der Waals surface area contributed by atoms with Crippen LogP contribution in [0.3, 0.4) is 0 Å². The van der Waals surface area contributed by atoms with Gasteiger partial charge in [-0.1, -0.05) is 42.5 Å². The van der Waals surface area contributed by atoms with E-state index < -0.39 is 0 Å². The highest BCUT2D eigenvalue weighted by atomic mass is 16.5. The van der Waals surface area contributed by atoms with Crippen molar-refractivity contribution in [3.63, 3.8) is 0 Å². The zero-order valence-electron chi connectivity index (χ0n) is 12.8. The van der Waals surface area contributed by atoms with Crippen LogP contribution in [-0.4, -0.2) is 29.0 Å². The summed E-state index contributed by atoms with van der Waals surface area (Å²) in [4.78, 5) is 19.4. The van der Waals surface area contributed by atoms with E-state index >= 15 is 0 Å². The first kappa shape index (κ1) is 15.2. The zero-order chi connectivity index (χ0) is 15.9. The average Bonchev–Trinajstić information content (AvgIpc) is 2.98. The highest BCUT2D eigenvalue weighted by Gasteiger charge is 2.04. The van der Waals surface area contributed by atoms with Crippen molar-refractivity contribution < 1.29 is 9.53 Å². The van der Waals surface area contributed by atoms with Gasteiger partial charge in [-0.2, -0.15) is 0 Å². The maximum Gasteiger partial charge on any atom is 0.246 e. The van der Waals surface area contributed by atoms with Gasteiger partial charge in [-0.3, -0.25) is 4.79 Å². The topological polar surface area (TPSA) is 67.0 Å². The van der Waals surface area contributed by atoms with Crippen molar-refractivity contribution >= 4 is 16.9 Å². The molecule has 5 nitrogen and oxygen atoms in total. The summed E-state index contributed by atoms with van der Waals surface area (Å²) in [7, 11) is 0. The Kier molecular flexibility index (Phi) is 5.01. The predicted octanol–water partition coefficient (Wildman–Crippen LogP) is 2.44. The lowest BCUT2D eigenvalue weighted by Crippen LogP contribution is -2.29. The summed E-state index contributed by atoms with van der Waals surface area (Å²) in [5, 5.41) is 2.84. The number of fused-ring (bicyclic) bond motifs is 1. The standard InChI is InChI=1S/C18H19N3O2/c22-18(13-23-12-14-6-2-1-3-7-14)19-11-10-17-20-15-8-4-5-9-16(15)21-17/h1-9H,10-13H2,(H,19,22)(H,20,21). The summed E-state index contributed by atoms with van der Waals surface area (Å²) < 4.78 is 5.40. The second-order valence-corrected chi connectivity index (χ2v) is 5.28. The van der Waals surface area contributed by atoms with E-state index in [2.05, 4.69) is 15.3 Å². The molecule has 0 saturated carbocycles. The van der Waals surface area contributed by atoms with Gasteiger partial charge in [0, 0.05) is 13.0 Å². The van der Waals surface area contributed by atoms with Crippen molar-refractivity contribution in [1.29, 1.82) is 0 Å². The van der Waals surface area contributed by atoms with Crippen molar-refractivity contribution in [3.8, 4) is 0 Å². The lowest BCUT2D eigenvalue weighted by Gasteiger charge is -2.05. The number of carbonyl (C=O) groups excluding carboxylic acids is 1. The van der Waals surface area contributed by atoms with Crippen molar-refractivity contribution in [2.24, 2.45) is 0 Å². The molecule has 0 saturated heterocycles. The van der Waals surface area contributed by atoms with Gasteiger partial charge < -0.3 is 15.0 Å². The van der Waals surface area contributed by atoms with E-state index in [9.17, 15) is 4.79 Å². The molecule has 2 aromatic carbocycles. The van der Waals surface area contributed by atoms with Crippen LogP contribution in [0.2, 0.25) is 0 Å². The number of H-pyrrole nitrogens is 1. The minimum atomic E-state index is -0.114. The molecule has 0 atom stereocenters. The van der Waals surface area contributed by atoms with Crippen LogP contribution in [0.4, 0.5) is 0 Å². The molecule has 0 radical (unpaired) electrons. The van der Waals surface area contributed by atoms with Gasteiger partial charge in [-0.15, -0.1) is 0 Å². The van der Waals surface area contributed by atoms with Crippen LogP contribution in [0.5, 0.6) is 0 Å². The predicted molar refractivity (Wildman–Crippen MR) is 88.9 cm³/mol. The van der Waals surface area contributed by atoms with Crippen LogP contribution in [0, 0.1) is 0 Å². The molecule has 3 rings (SSSR count). The Hall–Kier alpha value is -2.66. The summed E-state index contributed by atoms with van der Waals surface area (Å²) in [5.41, 5.74) is 3.02. The molecule has 3 aromatic rings. The first-order valence-electron chi connectivity index (χ1n) is 7.63. The number of rotatable bonds is 7. The summed E-state index contributed by atoms with van der Waals surface area (Å²) in [6, 6.07) is 17.7. The molecule has 118 valence electrons. The number of imidazole rings is 1. The molecular formula is C18H19N3O2. The number of aromatic amines is 1. The van der Waals surface area contributed by atoms with E-state index in [0.29, 0.717) is 19.6 Å². The molecule has 0 aliphatic rings. The second-order valence-electron chi connectivity index (χ2n) is 5.28. The number of carbonyl (C=O) groups is 1. The number of hydrogen-bond acceptors (Lipinski definition) is 3. The Morgan fingerprint density at radius 3 is 2.70 bits per heavy atom. The molecule has 5 heteroatoms. The van der Waals surface area contributed by atoms with Crippen LogP contribution >= 0.6 is 0 Å². The van der Waals surface area contributed by atoms with E-state index in [-0.39, 0.29) is 12.5 Å². The second kappa shape index (κ2) is 7.56. The van der Waals surface area contributed by atoms with Gasteiger partial charge in [0.15, 0.2) is 0 Å². The summed E-state index contributed by atoms with van der Waals surface area (Å²) in [6.45, 7) is 1.04. The molecule has 0 aliphatic carbocycles. The molecule has 1 heterocycles. The number of aromatic nitrogens is 2. The average molecular weight is 309 g/mol. The van der Waals surface area contributed by atoms with Gasteiger partial charge in [0.2, 0.25) is 5.91 Å². The Bertz CT molecular complexity index is 735. The third-order valence-electron chi connectivity index (χ3n) is 3.47. The van der Waals surface area contributed by atoms with Gasteiger partial charge in [0.05, 0.1) is 17.6 Å². The number of hydrogen-bond donors (Lipinski definition) is 2. The molecule has 0 aliphatic heterocycles. The molecule has 2 N–H and O–H groups in total. The number of nitrogens with one attached hydrogen (secondary N) is 2. The third kappa shape index (κ3) is 4.40. The molecule has 0 bridgehead atoms. The van der Waals surface area contributed by atoms with Crippen molar-refractivity contribution in [2.75, 3.05) is 13.2 Å². The van der Waals surface area contributed by atoms with E-state index in [0.717, 1.165) is 22.4 Å². The number of nitrogens with zero attached hydrogens (tertiary/aromatic N) is 1. The number of para-hydroxylation sites is 2. The number of ether oxygens (including phenoxy) is 1. The van der Waals surface area contributed by atoms with E-state index in [4.69, 9.17) is 4.74 Å². The van der Waals surface area contributed by atoms with Gasteiger partial charge in [0.1, 0.15) is 12.4 Å². The fourth-order valence-corrected chi connectivity index (χ4v) is 2.33. The van der Waals surface area contributed by atoms with Crippen LogP contribution in [0.25, 0.3) is 11.0 Å². The Morgan fingerprint density at radius 2 is 1.87 bits per heavy atom. The van der Waals surface area contributed by atoms with Gasteiger partial charge in [0.25, 0.3) is 0 Å². The van der Waals surface area contributed by atoms with Crippen molar-refractivity contribution in [3.05, 3.63) is 66.0 Å². The van der Waals surface area contributed by atoms with Crippen LogP contribution in [0.1, 0.15) is 11.4 Å². The lowest BCUT2D eigenvalue weighted by molar-refractivity contribution is -0.126. The molecule has 1 aromatic heterocycles. The van der Waals surface area contributed by atoms with Gasteiger partial charge in [-0.25, -0.2) is 4.98 Å². The van der Waals surface area contributed by atoms with Crippen LogP contribution in [0.15, 0.2) is 54.6 Å². The maximum atomic E-state index is 11.7. The smallest absolute Gasteiger partial charge is 0.246 e. The quantitative estimate of drug-likeness (QED) is 0.704. The first-order valence-corrected chi connectivity index (χ1v) is 7.63. The fraction of sp³-hybridized carbons (Fsp3) is 0.222. The zero-order valence-corrected chi connectivity index (χ0v) is 12.8. The molecule has 0 spiro atoms. The minimum Gasteiger partial charge on any atom is -0.367 e. The van der Waals surface area contributed by atoms with Crippen LogP contribution < -0.4 is 5.32 Å². The SMILES string of the molecule is O=C(COCc1ccccc1)NCCc1nc2ccccc2[nH]1. The highest BCUT2D eigenvalue weighted by molar-refractivity contribution is 5.77. The van der Waals surface area contributed by atoms with E-state index in [1.165, 1.54) is 0 Å². The van der Waals surface area contributed by atoms with Crippen molar-refractivity contribution in [1.82, 2.24) is 15.3 Å². The van der Waals surface area contributed by atoms with Gasteiger partial charge >= 0.3 is 0 Å². The summed E-state index contributed by atoms with van der Waals surface area (Å²) in [6.07, 6.45) is 0.666. The van der Waals surface area contributed by atoms with Crippen LogP contribution in [-0.2, 0) is 22.6 Å². The minimum absolute atomic E-state index is 0.0645.